The van der Waals surface area contributed by atoms with Gasteiger partial charge >= 0.3 is 0 Å². The fourth-order valence-electron chi connectivity index (χ4n) is 3.07. The molecule has 130 valence electrons. The van der Waals surface area contributed by atoms with Gasteiger partial charge < -0.3 is 15.0 Å². The van der Waals surface area contributed by atoms with Crippen molar-refractivity contribution in [3.05, 3.63) is 18.0 Å². The Labute approximate surface area is 139 Å². The number of carbonyl (C=O) groups excluding carboxylic acids is 1. The number of nitrogens with zero attached hydrogens (tertiary/aromatic N) is 3. The minimum absolute atomic E-state index is 0.0876. The van der Waals surface area contributed by atoms with E-state index < -0.39 is 0 Å². The maximum Gasteiger partial charge on any atom is 0.225 e. The van der Waals surface area contributed by atoms with Crippen LogP contribution < -0.4 is 5.32 Å². The first-order valence-electron chi connectivity index (χ1n) is 8.53. The molecule has 1 saturated heterocycles. The van der Waals surface area contributed by atoms with Crippen LogP contribution in [0.5, 0.6) is 0 Å². The Kier molecular flexibility index (Phi) is 6.59. The average molecular weight is 322 g/mol. The van der Waals surface area contributed by atoms with E-state index in [1.54, 1.807) is 7.11 Å². The highest BCUT2D eigenvalue weighted by Gasteiger charge is 2.29. The standard InChI is InChI=1S/C17H30N4O2/c1-13(2)17(22)20-6-5-16(14(3)11-20)18-9-15-10-19-21(12-15)7-8-23-4/h10,12-14,16,18H,5-9,11H2,1-4H3/t14-,16+/m0/s1. The first kappa shape index (κ1) is 17.9. The van der Waals surface area contributed by atoms with Gasteiger partial charge in [0.2, 0.25) is 5.91 Å². The molecule has 0 radical (unpaired) electrons. The van der Waals surface area contributed by atoms with Gasteiger partial charge in [-0.3, -0.25) is 9.48 Å². The number of carbonyl (C=O) groups is 1. The molecule has 0 aromatic carbocycles. The van der Waals surface area contributed by atoms with E-state index in [1.807, 2.05) is 29.6 Å². The monoisotopic (exact) mass is 322 g/mol. The number of amides is 1. The molecule has 2 rings (SSSR count). The predicted molar refractivity (Wildman–Crippen MR) is 89.9 cm³/mol. The Morgan fingerprint density at radius 3 is 2.96 bits per heavy atom. The molecule has 2 atom stereocenters. The molecule has 1 aliphatic rings. The van der Waals surface area contributed by atoms with Crippen LogP contribution in [-0.4, -0.2) is 53.4 Å². The summed E-state index contributed by atoms with van der Waals surface area (Å²) in [5, 5.41) is 7.96. The number of hydrogen-bond acceptors (Lipinski definition) is 4. The number of likely N-dealkylation sites (tertiary alicyclic amines) is 1. The number of methoxy groups -OCH3 is 1. The largest absolute Gasteiger partial charge is 0.383 e. The third-order valence-corrected chi connectivity index (χ3v) is 4.49. The molecular formula is C17H30N4O2. The smallest absolute Gasteiger partial charge is 0.225 e. The van der Waals surface area contributed by atoms with Crippen LogP contribution in [0.3, 0.4) is 0 Å². The van der Waals surface area contributed by atoms with E-state index in [9.17, 15) is 4.79 Å². The van der Waals surface area contributed by atoms with Crippen LogP contribution in [0.4, 0.5) is 0 Å². The molecule has 1 N–H and O–H groups in total. The molecule has 0 saturated carbocycles. The summed E-state index contributed by atoms with van der Waals surface area (Å²) in [6, 6.07) is 0.452. The zero-order valence-corrected chi connectivity index (χ0v) is 14.8. The molecule has 2 heterocycles. The highest BCUT2D eigenvalue weighted by Crippen LogP contribution is 2.19. The van der Waals surface area contributed by atoms with Gasteiger partial charge in [0.25, 0.3) is 0 Å². The molecule has 1 aromatic heterocycles. The normalized spacial score (nSPS) is 21.9. The third-order valence-electron chi connectivity index (χ3n) is 4.49. The van der Waals surface area contributed by atoms with Gasteiger partial charge in [-0.25, -0.2) is 0 Å². The minimum Gasteiger partial charge on any atom is -0.383 e. The molecule has 23 heavy (non-hydrogen) atoms. The van der Waals surface area contributed by atoms with Gasteiger partial charge in [-0.05, 0) is 12.3 Å². The summed E-state index contributed by atoms with van der Waals surface area (Å²) in [6.07, 6.45) is 4.98. The molecular weight excluding hydrogens is 292 g/mol. The number of aromatic nitrogens is 2. The van der Waals surface area contributed by atoms with E-state index in [0.29, 0.717) is 18.6 Å². The Balaban J connectivity index is 1.78. The van der Waals surface area contributed by atoms with E-state index in [4.69, 9.17) is 4.74 Å². The van der Waals surface area contributed by atoms with Crippen LogP contribution in [0, 0.1) is 11.8 Å². The van der Waals surface area contributed by atoms with E-state index in [0.717, 1.165) is 32.6 Å². The van der Waals surface area contributed by atoms with Crippen LogP contribution in [0.15, 0.2) is 12.4 Å². The molecule has 6 nitrogen and oxygen atoms in total. The van der Waals surface area contributed by atoms with Crippen molar-refractivity contribution in [1.29, 1.82) is 0 Å². The highest BCUT2D eigenvalue weighted by molar-refractivity contribution is 5.78. The van der Waals surface area contributed by atoms with Crippen LogP contribution in [-0.2, 0) is 22.6 Å². The van der Waals surface area contributed by atoms with Crippen molar-refractivity contribution < 1.29 is 9.53 Å². The molecule has 1 aromatic rings. The summed E-state index contributed by atoms with van der Waals surface area (Å²) in [7, 11) is 1.70. The lowest BCUT2D eigenvalue weighted by atomic mass is 9.93. The number of hydrogen-bond donors (Lipinski definition) is 1. The number of piperidine rings is 1. The second-order valence-electron chi connectivity index (χ2n) is 6.80. The van der Waals surface area contributed by atoms with Crippen molar-refractivity contribution in [3.63, 3.8) is 0 Å². The molecule has 0 bridgehead atoms. The van der Waals surface area contributed by atoms with Gasteiger partial charge in [-0.15, -0.1) is 0 Å². The second kappa shape index (κ2) is 8.45. The summed E-state index contributed by atoms with van der Waals surface area (Å²) in [4.78, 5) is 14.1. The molecule has 6 heteroatoms. The van der Waals surface area contributed by atoms with Crippen molar-refractivity contribution in [2.75, 3.05) is 26.8 Å². The third kappa shape index (κ3) is 5.04. The molecule has 0 spiro atoms. The first-order valence-corrected chi connectivity index (χ1v) is 8.53. The predicted octanol–water partition coefficient (Wildman–Crippen LogP) is 1.51. The van der Waals surface area contributed by atoms with Crippen LogP contribution in [0.2, 0.25) is 0 Å². The lowest BCUT2D eigenvalue weighted by molar-refractivity contribution is -0.136. The Morgan fingerprint density at radius 1 is 1.52 bits per heavy atom. The van der Waals surface area contributed by atoms with Gasteiger partial charge in [0.1, 0.15) is 0 Å². The summed E-state index contributed by atoms with van der Waals surface area (Å²) in [6.45, 7) is 10.1. The van der Waals surface area contributed by atoms with E-state index >= 15 is 0 Å². The summed E-state index contributed by atoms with van der Waals surface area (Å²) in [5.41, 5.74) is 1.19. The van der Waals surface area contributed by atoms with E-state index in [1.165, 1.54) is 5.56 Å². The lowest BCUT2D eigenvalue weighted by Gasteiger charge is -2.38. The van der Waals surface area contributed by atoms with Crippen LogP contribution in [0.25, 0.3) is 0 Å². The SMILES string of the molecule is COCCn1cc(CN[C@@H]2CCN(C(=O)C(C)C)C[C@@H]2C)cn1. The molecule has 0 unspecified atom stereocenters. The van der Waals surface area contributed by atoms with Gasteiger partial charge in [0.05, 0.1) is 19.3 Å². The maximum absolute atomic E-state index is 12.1. The fourth-order valence-corrected chi connectivity index (χ4v) is 3.07. The Bertz CT molecular complexity index is 501. The van der Waals surface area contributed by atoms with Crippen LogP contribution in [0.1, 0.15) is 32.8 Å². The number of ether oxygens (including phenoxy) is 1. The van der Waals surface area contributed by atoms with Crippen molar-refractivity contribution >= 4 is 5.91 Å². The highest BCUT2D eigenvalue weighted by atomic mass is 16.5. The van der Waals surface area contributed by atoms with Gasteiger partial charge in [-0.2, -0.15) is 5.10 Å². The molecule has 1 aliphatic heterocycles. The van der Waals surface area contributed by atoms with Crippen molar-refractivity contribution in [2.24, 2.45) is 11.8 Å². The second-order valence-corrected chi connectivity index (χ2v) is 6.80. The van der Waals surface area contributed by atoms with Gasteiger partial charge in [-0.1, -0.05) is 20.8 Å². The zero-order chi connectivity index (χ0) is 16.8. The topological polar surface area (TPSA) is 59.4 Å². The van der Waals surface area contributed by atoms with E-state index in [2.05, 4.69) is 23.5 Å². The first-order chi connectivity index (χ1) is 11.0. The summed E-state index contributed by atoms with van der Waals surface area (Å²) < 4.78 is 6.97. The Hall–Kier alpha value is -1.40. The minimum atomic E-state index is 0.0876. The number of rotatable bonds is 7. The maximum atomic E-state index is 12.1. The van der Waals surface area contributed by atoms with Crippen molar-refractivity contribution in [1.82, 2.24) is 20.0 Å². The van der Waals surface area contributed by atoms with Crippen molar-refractivity contribution in [3.8, 4) is 0 Å². The zero-order valence-electron chi connectivity index (χ0n) is 14.8. The Morgan fingerprint density at radius 2 is 2.30 bits per heavy atom. The number of nitrogens with one attached hydrogen (secondary N) is 1. The fraction of sp³-hybridized carbons (Fsp3) is 0.765. The molecule has 0 aliphatic carbocycles. The summed E-state index contributed by atoms with van der Waals surface area (Å²) in [5.74, 6) is 0.828. The van der Waals surface area contributed by atoms with Gasteiger partial charge in [0, 0.05) is 50.5 Å². The quantitative estimate of drug-likeness (QED) is 0.827. The average Bonchev–Trinajstić information content (AvgIpc) is 2.98. The van der Waals surface area contributed by atoms with Gasteiger partial charge in [0.15, 0.2) is 0 Å². The van der Waals surface area contributed by atoms with Crippen molar-refractivity contribution in [2.45, 2.75) is 46.3 Å². The molecule has 1 fully saturated rings. The lowest BCUT2D eigenvalue weighted by Crippen LogP contribution is -2.50. The molecule has 1 amide bonds. The van der Waals surface area contributed by atoms with E-state index in [-0.39, 0.29) is 11.8 Å². The summed E-state index contributed by atoms with van der Waals surface area (Å²) >= 11 is 0. The van der Waals surface area contributed by atoms with Crippen LogP contribution >= 0.6 is 0 Å².